The van der Waals surface area contributed by atoms with Gasteiger partial charge < -0.3 is 15.4 Å². The van der Waals surface area contributed by atoms with Gasteiger partial charge in [0.2, 0.25) is 5.91 Å². The predicted octanol–water partition coefficient (Wildman–Crippen LogP) is 3.52. The molecule has 1 saturated heterocycles. The maximum atomic E-state index is 12.9. The Hall–Kier alpha value is -4.41. The van der Waals surface area contributed by atoms with Crippen molar-refractivity contribution in [1.29, 1.82) is 0 Å². The number of alkyl carbamates (subject to hydrolysis) is 1. The number of rotatable bonds is 4. The van der Waals surface area contributed by atoms with Crippen LogP contribution in [0.5, 0.6) is 0 Å². The van der Waals surface area contributed by atoms with E-state index in [4.69, 9.17) is 9.72 Å². The molecule has 2 N–H and O–H groups in total. The molecular weight excluding hydrogens is 484 g/mol. The Morgan fingerprint density at radius 2 is 1.92 bits per heavy atom. The number of carbonyl (C=O) groups excluding carboxylic acids is 2. The fourth-order valence-electron chi connectivity index (χ4n) is 4.57. The standard InChI is InChI=1S/C27H30N8O3/c1-16-6-7-22(33-24(16)27(9-8-23(36)30-15-27)34-25(37)38-26(3,4)5)35-21-10-19(29-12-18(21)13-31-35)20-14-28-11-17(2)32-20/h6-7,10-14H,8-9,15H2,1-5H3,(H,30,36)(H,34,37)/t27-/m0/s1. The van der Waals surface area contributed by atoms with Crippen molar-refractivity contribution >= 4 is 22.9 Å². The summed E-state index contributed by atoms with van der Waals surface area (Å²) in [5.41, 5.74) is 2.82. The van der Waals surface area contributed by atoms with Gasteiger partial charge in [-0.1, -0.05) is 6.07 Å². The Morgan fingerprint density at radius 3 is 2.63 bits per heavy atom. The van der Waals surface area contributed by atoms with Crippen LogP contribution in [0.15, 0.2) is 43.0 Å². The smallest absolute Gasteiger partial charge is 0.408 e. The first-order chi connectivity index (χ1) is 18.0. The zero-order valence-electron chi connectivity index (χ0n) is 22.1. The number of piperidine rings is 1. The van der Waals surface area contributed by atoms with Crippen molar-refractivity contribution in [3.63, 3.8) is 0 Å². The SMILES string of the molecule is Cc1cncc(-c2cc3c(cn2)cnn3-c2ccc(C)c([C@]3(NC(=O)OC(C)(C)C)CCC(=O)NC3)n2)n1. The van der Waals surface area contributed by atoms with Crippen molar-refractivity contribution in [2.45, 2.75) is 58.6 Å². The Kier molecular flexibility index (Phi) is 6.29. The molecule has 0 bridgehead atoms. The highest BCUT2D eigenvalue weighted by molar-refractivity contribution is 5.82. The number of carbonyl (C=O) groups is 2. The molecule has 0 saturated carbocycles. The molecule has 2 amide bonds. The third-order valence-electron chi connectivity index (χ3n) is 6.33. The quantitative estimate of drug-likeness (QED) is 0.422. The fraction of sp³-hybridized carbons (Fsp3) is 0.370. The van der Waals surface area contributed by atoms with Gasteiger partial charge in [0.05, 0.1) is 35.0 Å². The Morgan fingerprint density at radius 1 is 1.11 bits per heavy atom. The van der Waals surface area contributed by atoms with Gasteiger partial charge in [0.25, 0.3) is 0 Å². The molecule has 4 aromatic heterocycles. The van der Waals surface area contributed by atoms with Crippen LogP contribution in [-0.4, -0.2) is 53.9 Å². The summed E-state index contributed by atoms with van der Waals surface area (Å²) in [6.07, 6.45) is 6.90. The number of nitrogens with one attached hydrogen (secondary N) is 2. The van der Waals surface area contributed by atoms with E-state index in [9.17, 15) is 9.59 Å². The van der Waals surface area contributed by atoms with Gasteiger partial charge in [-0.05, 0) is 58.7 Å². The monoisotopic (exact) mass is 514 g/mol. The van der Waals surface area contributed by atoms with E-state index < -0.39 is 17.2 Å². The Bertz CT molecular complexity index is 1530. The molecular formula is C27H30N8O3. The average Bonchev–Trinajstić information content (AvgIpc) is 3.28. The third kappa shape index (κ3) is 5.04. The number of hydrogen-bond acceptors (Lipinski definition) is 8. The van der Waals surface area contributed by atoms with Crippen molar-refractivity contribution < 1.29 is 14.3 Å². The van der Waals surface area contributed by atoms with Crippen LogP contribution in [0.25, 0.3) is 28.1 Å². The van der Waals surface area contributed by atoms with E-state index in [-0.39, 0.29) is 18.9 Å². The van der Waals surface area contributed by atoms with Crippen LogP contribution in [-0.2, 0) is 15.1 Å². The second-order valence-corrected chi connectivity index (χ2v) is 10.6. The highest BCUT2D eigenvalue weighted by atomic mass is 16.6. The summed E-state index contributed by atoms with van der Waals surface area (Å²) in [6, 6.07) is 5.72. The third-order valence-corrected chi connectivity index (χ3v) is 6.33. The van der Waals surface area contributed by atoms with Gasteiger partial charge in [0, 0.05) is 30.7 Å². The number of ether oxygens (including phenoxy) is 1. The average molecular weight is 515 g/mol. The molecule has 5 heterocycles. The van der Waals surface area contributed by atoms with Crippen molar-refractivity contribution in [3.05, 3.63) is 59.9 Å². The molecule has 0 radical (unpaired) electrons. The summed E-state index contributed by atoms with van der Waals surface area (Å²) < 4.78 is 7.28. The first-order valence-corrected chi connectivity index (χ1v) is 12.4. The van der Waals surface area contributed by atoms with E-state index in [1.807, 2.05) is 32.0 Å². The van der Waals surface area contributed by atoms with Crippen LogP contribution < -0.4 is 10.6 Å². The molecule has 5 rings (SSSR count). The lowest BCUT2D eigenvalue weighted by Crippen LogP contribution is -2.58. The second-order valence-electron chi connectivity index (χ2n) is 10.6. The number of aromatic nitrogens is 6. The first kappa shape index (κ1) is 25.2. The van der Waals surface area contributed by atoms with Gasteiger partial charge >= 0.3 is 6.09 Å². The topological polar surface area (TPSA) is 137 Å². The molecule has 38 heavy (non-hydrogen) atoms. The predicted molar refractivity (Wildman–Crippen MR) is 140 cm³/mol. The van der Waals surface area contributed by atoms with E-state index in [2.05, 4.69) is 30.7 Å². The zero-order chi connectivity index (χ0) is 27.1. The molecule has 1 aliphatic rings. The molecule has 196 valence electrons. The molecule has 1 atom stereocenters. The van der Waals surface area contributed by atoms with Crippen LogP contribution in [0.2, 0.25) is 0 Å². The number of amides is 2. The van der Waals surface area contributed by atoms with Gasteiger partial charge in [-0.3, -0.25) is 14.8 Å². The van der Waals surface area contributed by atoms with E-state index in [1.165, 1.54) is 0 Å². The van der Waals surface area contributed by atoms with Gasteiger partial charge in [-0.25, -0.2) is 19.4 Å². The van der Waals surface area contributed by atoms with Crippen molar-refractivity contribution in [2.75, 3.05) is 6.54 Å². The minimum atomic E-state index is -0.941. The summed E-state index contributed by atoms with van der Waals surface area (Å²) >= 11 is 0. The number of nitrogens with zero attached hydrogens (tertiary/aromatic N) is 6. The van der Waals surface area contributed by atoms with E-state index in [1.54, 1.807) is 50.2 Å². The van der Waals surface area contributed by atoms with Crippen LogP contribution in [0.1, 0.15) is 50.6 Å². The minimum absolute atomic E-state index is 0.0715. The molecule has 1 aliphatic heterocycles. The molecule has 1 fully saturated rings. The summed E-state index contributed by atoms with van der Waals surface area (Å²) in [5.74, 6) is 0.494. The molecule has 4 aromatic rings. The molecule has 0 aromatic carbocycles. The number of fused-ring (bicyclic) bond motifs is 1. The summed E-state index contributed by atoms with van der Waals surface area (Å²) in [7, 11) is 0. The molecule has 11 heteroatoms. The lowest BCUT2D eigenvalue weighted by molar-refractivity contribution is -0.123. The Balaban J connectivity index is 1.57. The maximum Gasteiger partial charge on any atom is 0.408 e. The molecule has 0 spiro atoms. The highest BCUT2D eigenvalue weighted by Gasteiger charge is 2.41. The van der Waals surface area contributed by atoms with Gasteiger partial charge in [-0.15, -0.1) is 0 Å². The van der Waals surface area contributed by atoms with Crippen LogP contribution in [0.4, 0.5) is 4.79 Å². The lowest BCUT2D eigenvalue weighted by atomic mass is 9.84. The van der Waals surface area contributed by atoms with Crippen molar-refractivity contribution in [2.24, 2.45) is 0 Å². The molecule has 0 aliphatic carbocycles. The zero-order valence-corrected chi connectivity index (χ0v) is 22.1. The van der Waals surface area contributed by atoms with E-state index in [0.717, 1.165) is 22.2 Å². The van der Waals surface area contributed by atoms with Crippen LogP contribution >= 0.6 is 0 Å². The highest BCUT2D eigenvalue weighted by Crippen LogP contribution is 2.32. The summed E-state index contributed by atoms with van der Waals surface area (Å²) in [5, 5.41) is 11.3. The number of hydrogen-bond donors (Lipinski definition) is 2. The van der Waals surface area contributed by atoms with Gasteiger partial charge in [0.1, 0.15) is 16.8 Å². The summed E-state index contributed by atoms with van der Waals surface area (Å²) in [6.45, 7) is 9.43. The van der Waals surface area contributed by atoms with Crippen LogP contribution in [0, 0.1) is 13.8 Å². The van der Waals surface area contributed by atoms with E-state index >= 15 is 0 Å². The normalized spacial score (nSPS) is 17.8. The van der Waals surface area contributed by atoms with Crippen molar-refractivity contribution in [1.82, 2.24) is 40.3 Å². The minimum Gasteiger partial charge on any atom is -0.444 e. The number of pyridine rings is 2. The number of aryl methyl sites for hydroxylation is 2. The second kappa shape index (κ2) is 9.47. The maximum absolute atomic E-state index is 12.9. The molecule has 0 unspecified atom stereocenters. The largest absolute Gasteiger partial charge is 0.444 e. The van der Waals surface area contributed by atoms with Crippen LogP contribution in [0.3, 0.4) is 0 Å². The summed E-state index contributed by atoms with van der Waals surface area (Å²) in [4.78, 5) is 43.2. The Labute approximate surface area is 220 Å². The van der Waals surface area contributed by atoms with Gasteiger partial charge in [0.15, 0.2) is 5.82 Å². The van der Waals surface area contributed by atoms with Gasteiger partial charge in [-0.2, -0.15) is 5.10 Å². The first-order valence-electron chi connectivity index (χ1n) is 12.4. The fourth-order valence-corrected chi connectivity index (χ4v) is 4.57. The molecule has 11 nitrogen and oxygen atoms in total. The van der Waals surface area contributed by atoms with Crippen molar-refractivity contribution in [3.8, 4) is 17.2 Å². The van der Waals surface area contributed by atoms with E-state index in [0.29, 0.717) is 29.3 Å². The lowest BCUT2D eigenvalue weighted by Gasteiger charge is -2.38.